The van der Waals surface area contributed by atoms with E-state index in [1.54, 1.807) is 0 Å². The van der Waals surface area contributed by atoms with Gasteiger partial charge in [0.1, 0.15) is 0 Å². The minimum atomic E-state index is 0.515. The molecule has 1 saturated carbocycles. The minimum absolute atomic E-state index is 0.515. The Morgan fingerprint density at radius 1 is 1.13 bits per heavy atom. The molecule has 15 heavy (non-hydrogen) atoms. The van der Waals surface area contributed by atoms with Gasteiger partial charge in [0.2, 0.25) is 0 Å². The van der Waals surface area contributed by atoms with Gasteiger partial charge in [0.15, 0.2) is 0 Å². The number of rotatable bonds is 2. The van der Waals surface area contributed by atoms with Crippen LogP contribution in [0, 0.1) is 5.92 Å². The number of benzene rings is 1. The second kappa shape index (κ2) is 4.67. The number of para-hydroxylation sites is 1. The van der Waals surface area contributed by atoms with Gasteiger partial charge in [0.25, 0.3) is 0 Å². The fourth-order valence-electron chi connectivity index (χ4n) is 2.50. The van der Waals surface area contributed by atoms with Gasteiger partial charge in [-0.2, -0.15) is 0 Å². The van der Waals surface area contributed by atoms with Gasteiger partial charge in [-0.15, -0.1) is 0 Å². The lowest BCUT2D eigenvalue weighted by Crippen LogP contribution is -2.46. The standard InChI is InChI=1S/C13H20N2/c1-11-7-5-6-10-13(11)15(14)12-8-3-2-4-9-12/h2-4,8-9,11,13H,5-7,10,14H2,1H3. The molecule has 0 aliphatic heterocycles. The fraction of sp³-hybridized carbons (Fsp3) is 0.538. The van der Waals surface area contributed by atoms with E-state index in [-0.39, 0.29) is 0 Å². The lowest BCUT2D eigenvalue weighted by Gasteiger charge is -2.36. The molecular weight excluding hydrogens is 184 g/mol. The quantitative estimate of drug-likeness (QED) is 0.593. The molecule has 0 heterocycles. The molecule has 2 unspecified atom stereocenters. The van der Waals surface area contributed by atoms with Crippen LogP contribution in [0.3, 0.4) is 0 Å². The van der Waals surface area contributed by atoms with Gasteiger partial charge in [0.05, 0.1) is 5.69 Å². The normalized spacial score (nSPS) is 26.3. The van der Waals surface area contributed by atoms with Crippen molar-refractivity contribution in [2.45, 2.75) is 38.6 Å². The molecule has 2 heteroatoms. The Labute approximate surface area is 92.1 Å². The maximum atomic E-state index is 6.19. The van der Waals surface area contributed by atoms with Gasteiger partial charge in [-0.25, -0.2) is 5.84 Å². The van der Waals surface area contributed by atoms with Crippen molar-refractivity contribution in [3.8, 4) is 0 Å². The molecule has 0 bridgehead atoms. The van der Waals surface area contributed by atoms with E-state index < -0.39 is 0 Å². The third-order valence-electron chi connectivity index (χ3n) is 3.48. The van der Waals surface area contributed by atoms with Gasteiger partial charge in [-0.3, -0.25) is 0 Å². The molecule has 82 valence electrons. The molecule has 1 aliphatic carbocycles. The van der Waals surface area contributed by atoms with E-state index in [1.807, 2.05) is 23.2 Å². The summed E-state index contributed by atoms with van der Waals surface area (Å²) in [6.07, 6.45) is 5.22. The zero-order chi connectivity index (χ0) is 10.7. The Bertz CT molecular complexity index is 297. The predicted molar refractivity (Wildman–Crippen MR) is 64.5 cm³/mol. The fourth-order valence-corrected chi connectivity index (χ4v) is 2.50. The van der Waals surface area contributed by atoms with Crippen molar-refractivity contribution in [2.75, 3.05) is 5.01 Å². The molecule has 2 nitrogen and oxygen atoms in total. The van der Waals surface area contributed by atoms with E-state index in [0.29, 0.717) is 12.0 Å². The van der Waals surface area contributed by atoms with E-state index >= 15 is 0 Å². The van der Waals surface area contributed by atoms with Crippen molar-refractivity contribution in [1.82, 2.24) is 0 Å². The smallest absolute Gasteiger partial charge is 0.0520 e. The van der Waals surface area contributed by atoms with Crippen LogP contribution in [0.2, 0.25) is 0 Å². The number of nitrogens with two attached hydrogens (primary N) is 1. The topological polar surface area (TPSA) is 29.3 Å². The Morgan fingerprint density at radius 3 is 2.47 bits per heavy atom. The molecule has 1 aliphatic rings. The summed E-state index contributed by atoms with van der Waals surface area (Å²) in [4.78, 5) is 0. The van der Waals surface area contributed by atoms with Crippen molar-refractivity contribution in [3.63, 3.8) is 0 Å². The van der Waals surface area contributed by atoms with E-state index in [1.165, 1.54) is 25.7 Å². The number of anilines is 1. The van der Waals surface area contributed by atoms with E-state index in [2.05, 4.69) is 19.1 Å². The zero-order valence-corrected chi connectivity index (χ0v) is 9.39. The van der Waals surface area contributed by atoms with Crippen molar-refractivity contribution >= 4 is 5.69 Å². The van der Waals surface area contributed by atoms with Crippen LogP contribution in [0.4, 0.5) is 5.69 Å². The van der Waals surface area contributed by atoms with Crippen molar-refractivity contribution < 1.29 is 0 Å². The lowest BCUT2D eigenvalue weighted by molar-refractivity contribution is 0.314. The molecule has 0 spiro atoms. The summed E-state index contributed by atoms with van der Waals surface area (Å²) in [6.45, 7) is 2.31. The molecular formula is C13H20N2. The highest BCUT2D eigenvalue weighted by atomic mass is 15.4. The Hall–Kier alpha value is -1.02. The van der Waals surface area contributed by atoms with Gasteiger partial charge in [-0.05, 0) is 30.9 Å². The molecule has 1 fully saturated rings. The van der Waals surface area contributed by atoms with Gasteiger partial charge in [-0.1, -0.05) is 38.0 Å². The van der Waals surface area contributed by atoms with Crippen LogP contribution in [0.25, 0.3) is 0 Å². The minimum Gasteiger partial charge on any atom is -0.308 e. The van der Waals surface area contributed by atoms with Crippen molar-refractivity contribution in [2.24, 2.45) is 11.8 Å². The molecule has 1 aromatic rings. The maximum absolute atomic E-state index is 6.19. The number of nitrogens with zero attached hydrogens (tertiary/aromatic N) is 1. The van der Waals surface area contributed by atoms with E-state index in [9.17, 15) is 0 Å². The van der Waals surface area contributed by atoms with E-state index in [0.717, 1.165) is 5.69 Å². The molecule has 1 aromatic carbocycles. The van der Waals surface area contributed by atoms with Crippen molar-refractivity contribution in [1.29, 1.82) is 0 Å². The molecule has 0 radical (unpaired) electrons. The molecule has 2 atom stereocenters. The average Bonchev–Trinajstić information content (AvgIpc) is 2.30. The summed E-state index contributed by atoms with van der Waals surface area (Å²) < 4.78 is 0. The van der Waals surface area contributed by atoms with Crippen LogP contribution in [0.1, 0.15) is 32.6 Å². The van der Waals surface area contributed by atoms with Crippen LogP contribution in [-0.4, -0.2) is 6.04 Å². The van der Waals surface area contributed by atoms with Gasteiger partial charge >= 0.3 is 0 Å². The number of hydrogen-bond acceptors (Lipinski definition) is 2. The first kappa shape index (κ1) is 10.5. The van der Waals surface area contributed by atoms with Gasteiger partial charge in [0, 0.05) is 6.04 Å². The summed E-state index contributed by atoms with van der Waals surface area (Å²) in [6, 6.07) is 10.8. The molecule has 0 aromatic heterocycles. The SMILES string of the molecule is CC1CCCCC1N(N)c1ccccc1. The first-order valence-corrected chi connectivity index (χ1v) is 5.88. The summed E-state index contributed by atoms with van der Waals surface area (Å²) in [5, 5.41) is 1.96. The summed E-state index contributed by atoms with van der Waals surface area (Å²) in [5.74, 6) is 6.91. The van der Waals surface area contributed by atoms with Crippen molar-refractivity contribution in [3.05, 3.63) is 30.3 Å². The highest BCUT2D eigenvalue weighted by Crippen LogP contribution is 2.29. The van der Waals surface area contributed by atoms with Crippen LogP contribution in [0.5, 0.6) is 0 Å². The van der Waals surface area contributed by atoms with Gasteiger partial charge < -0.3 is 5.01 Å². The summed E-state index contributed by atoms with van der Waals surface area (Å²) >= 11 is 0. The second-order valence-corrected chi connectivity index (χ2v) is 4.57. The maximum Gasteiger partial charge on any atom is 0.0520 e. The summed E-state index contributed by atoms with van der Waals surface area (Å²) in [5.41, 5.74) is 1.14. The molecule has 0 saturated heterocycles. The highest BCUT2D eigenvalue weighted by Gasteiger charge is 2.25. The Morgan fingerprint density at radius 2 is 1.80 bits per heavy atom. The summed E-state index contributed by atoms with van der Waals surface area (Å²) in [7, 11) is 0. The third-order valence-corrected chi connectivity index (χ3v) is 3.48. The van der Waals surface area contributed by atoms with Crippen LogP contribution >= 0.6 is 0 Å². The number of hydrazine groups is 1. The predicted octanol–water partition coefficient (Wildman–Crippen LogP) is 2.95. The number of hydrogen-bond donors (Lipinski definition) is 1. The third kappa shape index (κ3) is 2.32. The molecule has 2 N–H and O–H groups in total. The Kier molecular flexibility index (Phi) is 3.27. The molecule has 2 rings (SSSR count). The monoisotopic (exact) mass is 204 g/mol. The average molecular weight is 204 g/mol. The first-order valence-electron chi connectivity index (χ1n) is 5.88. The second-order valence-electron chi connectivity index (χ2n) is 4.57. The zero-order valence-electron chi connectivity index (χ0n) is 9.39. The van der Waals surface area contributed by atoms with E-state index in [4.69, 9.17) is 5.84 Å². The van der Waals surface area contributed by atoms with Crippen LogP contribution in [-0.2, 0) is 0 Å². The molecule has 0 amide bonds. The van der Waals surface area contributed by atoms with Crippen LogP contribution in [0.15, 0.2) is 30.3 Å². The van der Waals surface area contributed by atoms with Crippen LogP contribution < -0.4 is 10.9 Å². The lowest BCUT2D eigenvalue weighted by atomic mass is 9.85. The largest absolute Gasteiger partial charge is 0.308 e. The Balaban J connectivity index is 2.09. The highest BCUT2D eigenvalue weighted by molar-refractivity contribution is 5.45. The first-order chi connectivity index (χ1) is 7.29.